The summed E-state index contributed by atoms with van der Waals surface area (Å²) in [6, 6.07) is 3.53. The van der Waals surface area contributed by atoms with Gasteiger partial charge in [0.1, 0.15) is 6.04 Å². The van der Waals surface area contributed by atoms with Crippen LogP contribution in [-0.2, 0) is 11.3 Å². The number of carboxylic acids is 1. The van der Waals surface area contributed by atoms with Gasteiger partial charge in [-0.05, 0) is 25.3 Å². The Morgan fingerprint density at radius 2 is 2.31 bits per heavy atom. The van der Waals surface area contributed by atoms with Gasteiger partial charge in [0.05, 0.1) is 0 Å². The third kappa shape index (κ3) is 3.30. The normalized spacial score (nSPS) is 13.3. The number of carbonyl (C=O) groups is 1. The van der Waals surface area contributed by atoms with E-state index in [4.69, 9.17) is 10.8 Å². The van der Waals surface area contributed by atoms with Crippen LogP contribution < -0.4 is 5.73 Å². The van der Waals surface area contributed by atoms with Gasteiger partial charge in [0, 0.05) is 24.0 Å². The Morgan fingerprint density at radius 1 is 1.62 bits per heavy atom. The van der Waals surface area contributed by atoms with Crippen molar-refractivity contribution < 1.29 is 9.90 Å². The molecular formula is C11H18N2O2S. The number of carboxylic acid groups (broad SMARTS) is 1. The summed E-state index contributed by atoms with van der Waals surface area (Å²) < 4.78 is 0. The van der Waals surface area contributed by atoms with Gasteiger partial charge in [0.2, 0.25) is 0 Å². The van der Waals surface area contributed by atoms with Crippen molar-refractivity contribution in [1.82, 2.24) is 4.90 Å². The first-order valence-corrected chi connectivity index (χ1v) is 6.15. The van der Waals surface area contributed by atoms with Gasteiger partial charge in [-0.1, -0.05) is 6.07 Å². The molecule has 1 aromatic rings. The largest absolute Gasteiger partial charge is 0.480 e. The van der Waals surface area contributed by atoms with E-state index in [0.29, 0.717) is 6.54 Å². The van der Waals surface area contributed by atoms with Crippen LogP contribution in [0.5, 0.6) is 0 Å². The highest BCUT2D eigenvalue weighted by Gasteiger charge is 2.26. The number of thiophene rings is 1. The molecule has 1 heterocycles. The van der Waals surface area contributed by atoms with Crippen LogP contribution in [-0.4, -0.2) is 34.6 Å². The fourth-order valence-corrected chi connectivity index (χ4v) is 2.33. The Kier molecular flexibility index (Phi) is 4.92. The summed E-state index contributed by atoms with van der Waals surface area (Å²) in [5.74, 6) is -0.854. The second-order valence-electron chi connectivity index (χ2n) is 3.94. The Bertz CT molecular complexity index is 325. The number of nitrogens with two attached hydrogens (primary N) is 1. The van der Waals surface area contributed by atoms with Gasteiger partial charge in [0.15, 0.2) is 0 Å². The molecule has 0 bridgehead atoms. The molecule has 0 aliphatic rings. The average Bonchev–Trinajstić information content (AvgIpc) is 2.69. The maximum absolute atomic E-state index is 11.1. The molecule has 1 atom stereocenters. The highest BCUT2D eigenvalue weighted by atomic mass is 32.1. The van der Waals surface area contributed by atoms with Gasteiger partial charge in [0.25, 0.3) is 0 Å². The number of hydrogen-bond acceptors (Lipinski definition) is 4. The van der Waals surface area contributed by atoms with Crippen LogP contribution in [0.2, 0.25) is 0 Å². The SMILES string of the molecule is CC(C)N(Cc1cccs1)C(CN)C(=O)O. The van der Waals surface area contributed by atoms with Crippen LogP contribution >= 0.6 is 11.3 Å². The molecule has 0 saturated carbocycles. The first-order chi connectivity index (χ1) is 7.56. The van der Waals surface area contributed by atoms with Crippen LogP contribution in [0, 0.1) is 0 Å². The Morgan fingerprint density at radius 3 is 2.69 bits per heavy atom. The smallest absolute Gasteiger partial charge is 0.322 e. The first-order valence-electron chi connectivity index (χ1n) is 5.27. The quantitative estimate of drug-likeness (QED) is 0.790. The zero-order valence-corrected chi connectivity index (χ0v) is 10.4. The first kappa shape index (κ1) is 13.2. The van der Waals surface area contributed by atoms with E-state index in [-0.39, 0.29) is 12.6 Å². The van der Waals surface area contributed by atoms with Crippen molar-refractivity contribution in [2.75, 3.05) is 6.54 Å². The number of rotatable bonds is 6. The molecule has 0 aliphatic heterocycles. The maximum atomic E-state index is 11.1. The topological polar surface area (TPSA) is 66.6 Å². The molecule has 3 N–H and O–H groups in total. The van der Waals surface area contributed by atoms with Gasteiger partial charge in [-0.3, -0.25) is 9.69 Å². The predicted molar refractivity (Wildman–Crippen MR) is 65.5 cm³/mol. The minimum atomic E-state index is -0.854. The van der Waals surface area contributed by atoms with E-state index in [1.165, 1.54) is 0 Å². The van der Waals surface area contributed by atoms with Crippen molar-refractivity contribution in [2.24, 2.45) is 5.73 Å². The Balaban J connectivity index is 2.77. The van der Waals surface area contributed by atoms with E-state index in [2.05, 4.69) is 0 Å². The summed E-state index contributed by atoms with van der Waals surface area (Å²) >= 11 is 1.63. The molecule has 16 heavy (non-hydrogen) atoms. The molecule has 5 heteroatoms. The number of hydrogen-bond donors (Lipinski definition) is 2. The zero-order chi connectivity index (χ0) is 12.1. The monoisotopic (exact) mass is 242 g/mol. The fourth-order valence-electron chi connectivity index (χ4n) is 1.61. The van der Waals surface area contributed by atoms with Gasteiger partial charge in [-0.25, -0.2) is 0 Å². The molecule has 0 aromatic carbocycles. The molecule has 0 fully saturated rings. The summed E-state index contributed by atoms with van der Waals surface area (Å²) in [5, 5.41) is 11.1. The standard InChI is InChI=1S/C11H18N2O2S/c1-8(2)13(10(6-12)11(14)15)7-9-4-3-5-16-9/h3-5,8,10H,6-7,12H2,1-2H3,(H,14,15). The lowest BCUT2D eigenvalue weighted by molar-refractivity contribution is -0.143. The number of nitrogens with zero attached hydrogens (tertiary/aromatic N) is 1. The van der Waals surface area contributed by atoms with Gasteiger partial charge >= 0.3 is 5.97 Å². The lowest BCUT2D eigenvalue weighted by atomic mass is 10.2. The molecule has 90 valence electrons. The van der Waals surface area contributed by atoms with E-state index in [1.807, 2.05) is 36.3 Å². The van der Waals surface area contributed by atoms with Crippen molar-refractivity contribution in [1.29, 1.82) is 0 Å². The molecule has 1 aromatic heterocycles. The lowest BCUT2D eigenvalue weighted by Gasteiger charge is -2.31. The molecule has 0 amide bonds. The van der Waals surface area contributed by atoms with Crippen LogP contribution in [0.1, 0.15) is 18.7 Å². The summed E-state index contributed by atoms with van der Waals surface area (Å²) in [5.41, 5.74) is 5.52. The zero-order valence-electron chi connectivity index (χ0n) is 9.59. The third-order valence-electron chi connectivity index (χ3n) is 2.49. The van der Waals surface area contributed by atoms with Gasteiger partial charge in [-0.2, -0.15) is 0 Å². The predicted octanol–water partition coefficient (Wildman–Crippen LogP) is 1.37. The molecule has 0 spiro atoms. The van der Waals surface area contributed by atoms with Crippen LogP contribution in [0.3, 0.4) is 0 Å². The Labute approximate surface area is 99.7 Å². The third-order valence-corrected chi connectivity index (χ3v) is 3.35. The molecular weight excluding hydrogens is 224 g/mol. The average molecular weight is 242 g/mol. The molecule has 1 unspecified atom stereocenters. The van der Waals surface area contributed by atoms with Crippen LogP contribution in [0.15, 0.2) is 17.5 Å². The van der Waals surface area contributed by atoms with Crippen molar-refractivity contribution in [2.45, 2.75) is 32.5 Å². The maximum Gasteiger partial charge on any atom is 0.322 e. The van der Waals surface area contributed by atoms with E-state index >= 15 is 0 Å². The van der Waals surface area contributed by atoms with Crippen molar-refractivity contribution in [3.63, 3.8) is 0 Å². The molecule has 1 rings (SSSR count). The van der Waals surface area contributed by atoms with Crippen molar-refractivity contribution in [3.8, 4) is 0 Å². The fraction of sp³-hybridized carbons (Fsp3) is 0.545. The molecule has 0 aliphatic carbocycles. The highest BCUT2D eigenvalue weighted by molar-refractivity contribution is 7.09. The second-order valence-corrected chi connectivity index (χ2v) is 4.97. The van der Waals surface area contributed by atoms with Crippen molar-refractivity contribution in [3.05, 3.63) is 22.4 Å². The lowest BCUT2D eigenvalue weighted by Crippen LogP contribution is -2.48. The Hall–Kier alpha value is -0.910. The van der Waals surface area contributed by atoms with E-state index < -0.39 is 12.0 Å². The van der Waals surface area contributed by atoms with Gasteiger partial charge in [-0.15, -0.1) is 11.3 Å². The second kappa shape index (κ2) is 5.98. The van der Waals surface area contributed by atoms with Crippen LogP contribution in [0.25, 0.3) is 0 Å². The summed E-state index contributed by atoms with van der Waals surface area (Å²) in [6.07, 6.45) is 0. The minimum Gasteiger partial charge on any atom is -0.480 e. The van der Waals surface area contributed by atoms with E-state index in [1.54, 1.807) is 11.3 Å². The van der Waals surface area contributed by atoms with Crippen LogP contribution in [0.4, 0.5) is 0 Å². The van der Waals surface area contributed by atoms with Crippen molar-refractivity contribution >= 4 is 17.3 Å². The highest BCUT2D eigenvalue weighted by Crippen LogP contribution is 2.16. The van der Waals surface area contributed by atoms with Gasteiger partial charge < -0.3 is 10.8 Å². The molecule has 0 radical (unpaired) electrons. The number of aliphatic carboxylic acids is 1. The minimum absolute atomic E-state index is 0.138. The van der Waals surface area contributed by atoms with E-state index in [9.17, 15) is 4.79 Å². The van der Waals surface area contributed by atoms with E-state index in [0.717, 1.165) is 4.88 Å². The summed E-state index contributed by atoms with van der Waals surface area (Å²) in [6.45, 7) is 4.75. The summed E-state index contributed by atoms with van der Waals surface area (Å²) in [4.78, 5) is 14.2. The molecule has 4 nitrogen and oxygen atoms in total. The summed E-state index contributed by atoms with van der Waals surface area (Å²) in [7, 11) is 0. The molecule has 0 saturated heterocycles.